The summed E-state index contributed by atoms with van der Waals surface area (Å²) in [7, 11) is 0. The smallest absolute Gasteiger partial charge is 0.333 e. The Morgan fingerprint density at radius 2 is 1.74 bits per heavy atom. The first-order valence-electron chi connectivity index (χ1n) is 8.74. The zero-order chi connectivity index (χ0) is 20.4. The Balaban J connectivity index is 2.31. The molecular formula is C18H24F3N5O. The number of halogens is 3. The Morgan fingerprint density at radius 1 is 1.15 bits per heavy atom. The van der Waals surface area contributed by atoms with Crippen LogP contribution >= 0.6 is 0 Å². The summed E-state index contributed by atoms with van der Waals surface area (Å²) in [6.07, 6.45) is -4.11. The van der Waals surface area contributed by atoms with Gasteiger partial charge in [-0.1, -0.05) is 6.92 Å². The molecule has 0 aliphatic carbocycles. The van der Waals surface area contributed by atoms with E-state index in [1.54, 1.807) is 20.8 Å². The van der Waals surface area contributed by atoms with Gasteiger partial charge in [-0.3, -0.25) is 4.79 Å². The Labute approximate surface area is 156 Å². The van der Waals surface area contributed by atoms with E-state index >= 15 is 0 Å². The van der Waals surface area contributed by atoms with Crippen LogP contribution in [0.2, 0.25) is 0 Å². The SMILES string of the molecule is CCCN(CC(F)(F)F)C(=O)Cc1c(C)nn(-c2nc(C)cc(C)n2)c1C. The predicted octanol–water partition coefficient (Wildman–Crippen LogP) is 3.24. The maximum absolute atomic E-state index is 12.8. The molecule has 9 heteroatoms. The van der Waals surface area contributed by atoms with Gasteiger partial charge in [-0.15, -0.1) is 0 Å². The van der Waals surface area contributed by atoms with E-state index in [2.05, 4.69) is 15.1 Å². The first-order valence-corrected chi connectivity index (χ1v) is 8.74. The number of hydrogen-bond acceptors (Lipinski definition) is 4. The van der Waals surface area contributed by atoms with E-state index in [1.807, 2.05) is 19.9 Å². The van der Waals surface area contributed by atoms with Crippen molar-refractivity contribution in [2.24, 2.45) is 0 Å². The summed E-state index contributed by atoms with van der Waals surface area (Å²) in [5, 5.41) is 4.39. The molecule has 1 amide bonds. The number of nitrogens with zero attached hydrogens (tertiary/aromatic N) is 5. The summed E-state index contributed by atoms with van der Waals surface area (Å²) < 4.78 is 39.8. The molecule has 2 aromatic rings. The lowest BCUT2D eigenvalue weighted by molar-refractivity contribution is -0.160. The molecule has 0 aromatic carbocycles. The Morgan fingerprint density at radius 3 is 2.26 bits per heavy atom. The molecule has 148 valence electrons. The molecular weight excluding hydrogens is 359 g/mol. The van der Waals surface area contributed by atoms with Crippen LogP contribution < -0.4 is 0 Å². The van der Waals surface area contributed by atoms with Crippen LogP contribution in [0.4, 0.5) is 13.2 Å². The number of hydrogen-bond donors (Lipinski definition) is 0. The summed E-state index contributed by atoms with van der Waals surface area (Å²) in [4.78, 5) is 22.1. The molecule has 27 heavy (non-hydrogen) atoms. The standard InChI is InChI=1S/C18H24F3N5O/c1-6-7-25(10-18(19,20)21)16(27)9-15-13(4)24-26(14(15)5)17-22-11(2)8-12(3)23-17/h8H,6-7,9-10H2,1-5H3. The van der Waals surface area contributed by atoms with Crippen LogP contribution in [0.5, 0.6) is 0 Å². The van der Waals surface area contributed by atoms with Crippen LogP contribution in [-0.2, 0) is 11.2 Å². The second-order valence-electron chi connectivity index (χ2n) is 6.62. The molecule has 0 radical (unpaired) electrons. The van der Waals surface area contributed by atoms with E-state index in [0.717, 1.165) is 16.3 Å². The highest BCUT2D eigenvalue weighted by Gasteiger charge is 2.33. The minimum atomic E-state index is -4.42. The zero-order valence-corrected chi connectivity index (χ0v) is 16.2. The van der Waals surface area contributed by atoms with Gasteiger partial charge in [0.2, 0.25) is 5.91 Å². The second kappa shape index (κ2) is 8.06. The van der Waals surface area contributed by atoms with Crippen molar-refractivity contribution in [2.75, 3.05) is 13.1 Å². The van der Waals surface area contributed by atoms with Gasteiger partial charge in [-0.2, -0.15) is 18.3 Å². The lowest BCUT2D eigenvalue weighted by Gasteiger charge is -2.23. The molecule has 0 saturated heterocycles. The van der Waals surface area contributed by atoms with Crippen LogP contribution in [0.3, 0.4) is 0 Å². The van der Waals surface area contributed by atoms with Crippen LogP contribution in [0, 0.1) is 27.7 Å². The Kier molecular flexibility index (Phi) is 6.22. The van der Waals surface area contributed by atoms with Gasteiger partial charge in [-0.25, -0.2) is 14.6 Å². The molecule has 2 aromatic heterocycles. The van der Waals surface area contributed by atoms with Gasteiger partial charge in [-0.05, 0) is 40.2 Å². The van der Waals surface area contributed by atoms with E-state index < -0.39 is 18.6 Å². The van der Waals surface area contributed by atoms with Gasteiger partial charge in [0.25, 0.3) is 5.95 Å². The molecule has 0 atom stereocenters. The maximum atomic E-state index is 12.8. The van der Waals surface area contributed by atoms with Crippen molar-refractivity contribution in [2.45, 2.75) is 53.6 Å². The molecule has 2 rings (SSSR count). The fourth-order valence-electron chi connectivity index (χ4n) is 2.97. The van der Waals surface area contributed by atoms with Crippen molar-refractivity contribution < 1.29 is 18.0 Å². The molecule has 2 heterocycles. The third-order valence-corrected chi connectivity index (χ3v) is 4.15. The monoisotopic (exact) mass is 383 g/mol. The lowest BCUT2D eigenvalue weighted by Crippen LogP contribution is -2.40. The quantitative estimate of drug-likeness (QED) is 0.768. The van der Waals surface area contributed by atoms with Crippen molar-refractivity contribution >= 4 is 5.91 Å². The van der Waals surface area contributed by atoms with Gasteiger partial charge in [0.15, 0.2) is 0 Å². The first kappa shape index (κ1) is 20.9. The fraction of sp³-hybridized carbons (Fsp3) is 0.556. The molecule has 0 N–H and O–H groups in total. The summed E-state index contributed by atoms with van der Waals surface area (Å²) in [5.74, 6) is -0.186. The molecule has 0 aliphatic rings. The molecule has 0 saturated carbocycles. The number of aromatic nitrogens is 4. The highest BCUT2D eigenvalue weighted by atomic mass is 19.4. The van der Waals surface area contributed by atoms with E-state index in [4.69, 9.17) is 0 Å². The van der Waals surface area contributed by atoms with E-state index in [0.29, 0.717) is 29.3 Å². The third-order valence-electron chi connectivity index (χ3n) is 4.15. The van der Waals surface area contributed by atoms with Crippen LogP contribution in [0.25, 0.3) is 5.95 Å². The third kappa shape index (κ3) is 5.27. The number of alkyl halides is 3. The number of carbonyl (C=O) groups excluding carboxylic acids is 1. The number of amides is 1. The number of aryl methyl sites for hydroxylation is 3. The Hall–Kier alpha value is -2.45. The summed E-state index contributed by atoms with van der Waals surface area (Å²) in [5.41, 5.74) is 3.39. The molecule has 0 spiro atoms. The molecule has 0 aliphatic heterocycles. The Bertz CT molecular complexity index is 809. The molecule has 0 unspecified atom stereocenters. The normalized spacial score (nSPS) is 11.7. The van der Waals surface area contributed by atoms with Crippen molar-refractivity contribution in [3.63, 3.8) is 0 Å². The largest absolute Gasteiger partial charge is 0.406 e. The first-order chi connectivity index (χ1) is 12.5. The van der Waals surface area contributed by atoms with Crippen molar-refractivity contribution in [3.05, 3.63) is 34.4 Å². The number of carbonyl (C=O) groups is 1. The minimum Gasteiger partial charge on any atom is -0.333 e. The summed E-state index contributed by atoms with van der Waals surface area (Å²) in [6.45, 7) is 7.72. The molecule has 6 nitrogen and oxygen atoms in total. The van der Waals surface area contributed by atoms with Gasteiger partial charge in [0.05, 0.1) is 12.1 Å². The molecule has 0 fully saturated rings. The van der Waals surface area contributed by atoms with Crippen LogP contribution in [-0.4, -0.2) is 49.8 Å². The van der Waals surface area contributed by atoms with Crippen LogP contribution in [0.1, 0.15) is 41.7 Å². The van der Waals surface area contributed by atoms with Crippen molar-refractivity contribution in [3.8, 4) is 5.95 Å². The lowest BCUT2D eigenvalue weighted by atomic mass is 10.1. The summed E-state index contributed by atoms with van der Waals surface area (Å²) in [6, 6.07) is 1.83. The highest BCUT2D eigenvalue weighted by Crippen LogP contribution is 2.21. The van der Waals surface area contributed by atoms with Gasteiger partial charge in [0.1, 0.15) is 6.54 Å². The highest BCUT2D eigenvalue weighted by molar-refractivity contribution is 5.79. The molecule has 0 bridgehead atoms. The van der Waals surface area contributed by atoms with E-state index in [9.17, 15) is 18.0 Å². The van der Waals surface area contributed by atoms with Gasteiger partial charge in [0, 0.05) is 29.2 Å². The average Bonchev–Trinajstić information content (AvgIpc) is 2.80. The van der Waals surface area contributed by atoms with Crippen molar-refractivity contribution in [1.82, 2.24) is 24.6 Å². The zero-order valence-electron chi connectivity index (χ0n) is 16.2. The van der Waals surface area contributed by atoms with E-state index in [1.165, 1.54) is 4.68 Å². The van der Waals surface area contributed by atoms with Gasteiger partial charge < -0.3 is 4.90 Å². The average molecular weight is 383 g/mol. The van der Waals surface area contributed by atoms with Gasteiger partial charge >= 0.3 is 6.18 Å². The van der Waals surface area contributed by atoms with E-state index in [-0.39, 0.29) is 13.0 Å². The number of rotatable bonds is 6. The predicted molar refractivity (Wildman–Crippen MR) is 94.7 cm³/mol. The minimum absolute atomic E-state index is 0.0603. The second-order valence-corrected chi connectivity index (χ2v) is 6.62. The maximum Gasteiger partial charge on any atom is 0.406 e. The topological polar surface area (TPSA) is 63.9 Å². The van der Waals surface area contributed by atoms with Crippen LogP contribution in [0.15, 0.2) is 6.07 Å². The fourth-order valence-corrected chi connectivity index (χ4v) is 2.97. The van der Waals surface area contributed by atoms with Crippen molar-refractivity contribution in [1.29, 1.82) is 0 Å². The summed E-state index contributed by atoms with van der Waals surface area (Å²) >= 11 is 0.